The van der Waals surface area contributed by atoms with E-state index in [1.807, 2.05) is 25.1 Å². The molecule has 0 atom stereocenters. The third kappa shape index (κ3) is 5.42. The van der Waals surface area contributed by atoms with E-state index < -0.39 is 11.5 Å². The monoisotopic (exact) mass is 504 g/mol. The quantitative estimate of drug-likeness (QED) is 0.305. The maximum Gasteiger partial charge on any atom is 0.261 e. The number of aromatic nitrogens is 1. The molecule has 1 amide bonds. The van der Waals surface area contributed by atoms with Crippen molar-refractivity contribution in [3.05, 3.63) is 98.3 Å². The van der Waals surface area contributed by atoms with E-state index in [9.17, 15) is 14.4 Å². The second-order valence-electron chi connectivity index (χ2n) is 8.34. The van der Waals surface area contributed by atoms with Crippen molar-refractivity contribution in [1.82, 2.24) is 4.98 Å². The fraction of sp³-hybridized carbons (Fsp3) is 0.179. The maximum atomic E-state index is 13.0. The zero-order valence-corrected chi connectivity index (χ0v) is 20.9. The Hall–Kier alpha value is -4.10. The molecule has 1 heterocycles. The summed E-state index contributed by atoms with van der Waals surface area (Å²) in [5.74, 6) is 0.295. The standard InChI is InChI=1S/C28H25ClN2O5/c1-16-7-9-18(24(32)10-8-17-5-4-6-20(29)11-17)13-22(16)30-27(33)21-12-19-14-25(35-2)26(36-3)15-23(19)31-28(21)34/h4-7,9,11-15H,8,10H2,1-3H3,(H,30,33)(H,31,34). The molecule has 7 nitrogen and oxygen atoms in total. The fourth-order valence-electron chi connectivity index (χ4n) is 3.92. The van der Waals surface area contributed by atoms with E-state index in [0.29, 0.717) is 51.5 Å². The largest absolute Gasteiger partial charge is 0.493 e. The smallest absolute Gasteiger partial charge is 0.261 e. The molecule has 184 valence electrons. The second kappa shape index (κ2) is 10.7. The minimum absolute atomic E-state index is 0.0601. The first-order chi connectivity index (χ1) is 17.3. The molecule has 0 spiro atoms. The van der Waals surface area contributed by atoms with E-state index in [-0.39, 0.29) is 11.3 Å². The number of fused-ring (bicyclic) bond motifs is 1. The summed E-state index contributed by atoms with van der Waals surface area (Å²) in [5, 5.41) is 4.01. The van der Waals surface area contributed by atoms with Crippen LogP contribution in [0, 0.1) is 6.92 Å². The average molecular weight is 505 g/mol. The van der Waals surface area contributed by atoms with Gasteiger partial charge in [-0.1, -0.05) is 35.9 Å². The number of carbonyl (C=O) groups is 2. The van der Waals surface area contributed by atoms with Gasteiger partial charge in [0.1, 0.15) is 5.56 Å². The highest BCUT2D eigenvalue weighted by Gasteiger charge is 2.16. The van der Waals surface area contributed by atoms with Crippen LogP contribution in [0.15, 0.2) is 65.5 Å². The molecule has 0 aliphatic rings. The minimum Gasteiger partial charge on any atom is -0.493 e. The number of carbonyl (C=O) groups excluding carboxylic acids is 2. The zero-order chi connectivity index (χ0) is 25.8. The number of methoxy groups -OCH3 is 2. The molecule has 1 aromatic heterocycles. The van der Waals surface area contributed by atoms with Gasteiger partial charge < -0.3 is 19.8 Å². The summed E-state index contributed by atoms with van der Waals surface area (Å²) in [7, 11) is 3.01. The van der Waals surface area contributed by atoms with Gasteiger partial charge in [-0.05, 0) is 54.8 Å². The van der Waals surface area contributed by atoms with Crippen molar-refractivity contribution in [3.8, 4) is 11.5 Å². The Balaban J connectivity index is 1.56. The molecule has 0 aliphatic carbocycles. The van der Waals surface area contributed by atoms with E-state index in [1.54, 1.807) is 36.4 Å². The van der Waals surface area contributed by atoms with E-state index in [2.05, 4.69) is 10.3 Å². The molecule has 2 N–H and O–H groups in total. The highest BCUT2D eigenvalue weighted by Crippen LogP contribution is 2.31. The van der Waals surface area contributed by atoms with Gasteiger partial charge in [-0.3, -0.25) is 14.4 Å². The van der Waals surface area contributed by atoms with Crippen LogP contribution in [0.1, 0.15) is 38.3 Å². The van der Waals surface area contributed by atoms with Crippen molar-refractivity contribution < 1.29 is 19.1 Å². The van der Waals surface area contributed by atoms with Gasteiger partial charge in [0.2, 0.25) is 0 Å². The first-order valence-corrected chi connectivity index (χ1v) is 11.7. The maximum absolute atomic E-state index is 13.0. The molecule has 0 saturated carbocycles. The first-order valence-electron chi connectivity index (χ1n) is 11.3. The number of amides is 1. The van der Waals surface area contributed by atoms with Crippen LogP contribution in [-0.4, -0.2) is 30.9 Å². The van der Waals surface area contributed by atoms with Gasteiger partial charge in [-0.15, -0.1) is 0 Å². The molecule has 3 aromatic carbocycles. The normalized spacial score (nSPS) is 10.8. The molecule has 8 heteroatoms. The molecule has 0 bridgehead atoms. The lowest BCUT2D eigenvalue weighted by Gasteiger charge is -2.12. The van der Waals surface area contributed by atoms with E-state index in [0.717, 1.165) is 11.1 Å². The van der Waals surface area contributed by atoms with Crippen molar-refractivity contribution in [1.29, 1.82) is 0 Å². The number of halogens is 1. The predicted molar refractivity (Wildman–Crippen MR) is 141 cm³/mol. The van der Waals surface area contributed by atoms with E-state index in [1.165, 1.54) is 20.3 Å². The van der Waals surface area contributed by atoms with E-state index >= 15 is 0 Å². The molecule has 0 saturated heterocycles. The number of Topliss-reactive ketones (excluding diaryl/α,β-unsaturated/α-hetero) is 1. The average Bonchev–Trinajstić information content (AvgIpc) is 2.87. The van der Waals surface area contributed by atoms with Crippen LogP contribution < -0.4 is 20.3 Å². The Kier molecular flexibility index (Phi) is 7.41. The molecule has 0 fully saturated rings. The van der Waals surface area contributed by atoms with Crippen molar-refractivity contribution in [2.24, 2.45) is 0 Å². The van der Waals surface area contributed by atoms with Crippen LogP contribution in [0.2, 0.25) is 5.02 Å². The van der Waals surface area contributed by atoms with Gasteiger partial charge in [0.05, 0.1) is 19.7 Å². The Labute approximate surface area is 213 Å². The topological polar surface area (TPSA) is 97.5 Å². The number of pyridine rings is 1. The molecule has 4 aromatic rings. The minimum atomic E-state index is -0.584. The van der Waals surface area contributed by atoms with Crippen molar-refractivity contribution in [2.45, 2.75) is 19.8 Å². The summed E-state index contributed by atoms with van der Waals surface area (Å²) in [6.07, 6.45) is 0.849. The highest BCUT2D eigenvalue weighted by atomic mass is 35.5. The van der Waals surface area contributed by atoms with Crippen LogP contribution in [-0.2, 0) is 6.42 Å². The highest BCUT2D eigenvalue weighted by molar-refractivity contribution is 6.30. The zero-order valence-electron chi connectivity index (χ0n) is 20.1. The van der Waals surface area contributed by atoms with Gasteiger partial charge in [0.15, 0.2) is 17.3 Å². The number of benzene rings is 3. The number of hydrogen-bond acceptors (Lipinski definition) is 5. The molecule has 36 heavy (non-hydrogen) atoms. The summed E-state index contributed by atoms with van der Waals surface area (Å²) < 4.78 is 10.6. The van der Waals surface area contributed by atoms with Gasteiger partial charge in [-0.2, -0.15) is 0 Å². The number of aryl methyl sites for hydroxylation is 2. The third-order valence-electron chi connectivity index (χ3n) is 5.93. The lowest BCUT2D eigenvalue weighted by atomic mass is 10.0. The van der Waals surface area contributed by atoms with Crippen LogP contribution in [0.4, 0.5) is 5.69 Å². The molecule has 0 radical (unpaired) electrons. The number of nitrogens with one attached hydrogen (secondary N) is 2. The number of rotatable bonds is 8. The summed E-state index contributed by atoms with van der Waals surface area (Å²) in [4.78, 5) is 41.2. The molecular formula is C28H25ClN2O5. The second-order valence-corrected chi connectivity index (χ2v) is 8.78. The SMILES string of the molecule is COc1cc2cc(C(=O)Nc3cc(C(=O)CCc4cccc(Cl)c4)ccc3C)c(=O)[nH]c2cc1OC. The lowest BCUT2D eigenvalue weighted by molar-refractivity contribution is 0.0980. The Morgan fingerprint density at radius 2 is 1.72 bits per heavy atom. The lowest BCUT2D eigenvalue weighted by Crippen LogP contribution is -2.23. The molecule has 0 aliphatic heterocycles. The van der Waals surface area contributed by atoms with Crippen molar-refractivity contribution >= 4 is 39.9 Å². The Morgan fingerprint density at radius 1 is 0.972 bits per heavy atom. The van der Waals surface area contributed by atoms with Crippen molar-refractivity contribution in [2.75, 3.05) is 19.5 Å². The van der Waals surface area contributed by atoms with Crippen molar-refractivity contribution in [3.63, 3.8) is 0 Å². The third-order valence-corrected chi connectivity index (χ3v) is 6.17. The first kappa shape index (κ1) is 25.0. The van der Waals surface area contributed by atoms with Crippen LogP contribution in [0.25, 0.3) is 10.9 Å². The van der Waals surface area contributed by atoms with Gasteiger partial charge >= 0.3 is 0 Å². The Morgan fingerprint density at radius 3 is 2.44 bits per heavy atom. The molecule has 4 rings (SSSR count). The number of ether oxygens (including phenoxy) is 2. The van der Waals surface area contributed by atoms with Crippen LogP contribution >= 0.6 is 11.6 Å². The predicted octanol–water partition coefficient (Wildman–Crippen LogP) is 5.57. The Bertz CT molecular complexity index is 1530. The molecular weight excluding hydrogens is 480 g/mol. The van der Waals surface area contributed by atoms with E-state index in [4.69, 9.17) is 21.1 Å². The van der Waals surface area contributed by atoms with Crippen LogP contribution in [0.3, 0.4) is 0 Å². The summed E-state index contributed by atoms with van der Waals surface area (Å²) in [6, 6.07) is 17.4. The number of hydrogen-bond donors (Lipinski definition) is 2. The van der Waals surface area contributed by atoms with Gasteiger partial charge in [-0.25, -0.2) is 0 Å². The number of aromatic amines is 1. The van der Waals surface area contributed by atoms with Gasteiger partial charge in [0.25, 0.3) is 11.5 Å². The fourth-order valence-corrected chi connectivity index (χ4v) is 4.13. The van der Waals surface area contributed by atoms with Crippen LogP contribution in [0.5, 0.6) is 11.5 Å². The van der Waals surface area contributed by atoms with Gasteiger partial charge in [0, 0.05) is 34.1 Å². The summed E-state index contributed by atoms with van der Waals surface area (Å²) >= 11 is 6.02. The summed E-state index contributed by atoms with van der Waals surface area (Å²) in [6.45, 7) is 1.82. The number of H-pyrrole nitrogens is 1. The number of ketones is 1. The number of anilines is 1. The summed E-state index contributed by atoms with van der Waals surface area (Å²) in [5.41, 5.74) is 2.57. The molecule has 0 unspecified atom stereocenters.